The lowest BCUT2D eigenvalue weighted by molar-refractivity contribution is 0.903. The molecule has 6 nitrogen and oxygen atoms in total. The van der Waals surface area contributed by atoms with E-state index < -0.39 is 0 Å². The first-order valence-electron chi connectivity index (χ1n) is 8.39. The Morgan fingerprint density at radius 1 is 1.17 bits per heavy atom. The monoisotopic (exact) mass is 342 g/mol. The number of nitrogens with zero attached hydrogens (tertiary/aromatic N) is 4. The molecule has 2 N–H and O–H groups in total. The first-order chi connectivity index (χ1) is 11.6. The summed E-state index contributed by atoms with van der Waals surface area (Å²) in [5, 5.41) is 5.60. The number of aromatic nitrogens is 4. The second-order valence-corrected chi connectivity index (χ2v) is 7.67. The maximum Gasteiger partial charge on any atom is 0.229 e. The largest absolute Gasteiger partial charge is 0.363 e. The molecule has 3 aromatic heterocycles. The fourth-order valence-corrected chi connectivity index (χ4v) is 3.97. The summed E-state index contributed by atoms with van der Waals surface area (Å²) in [5.74, 6) is 1.70. The van der Waals surface area contributed by atoms with Crippen LogP contribution in [0.5, 0.6) is 0 Å². The van der Waals surface area contributed by atoms with E-state index in [-0.39, 0.29) is 0 Å². The van der Waals surface area contributed by atoms with E-state index in [1.165, 1.54) is 17.7 Å². The minimum Gasteiger partial charge on any atom is -0.363 e. The third-order valence-corrected chi connectivity index (χ3v) is 5.55. The zero-order valence-electron chi connectivity index (χ0n) is 14.3. The van der Waals surface area contributed by atoms with Gasteiger partial charge in [-0.3, -0.25) is 0 Å². The lowest BCUT2D eigenvalue weighted by atomic mass is 10.3. The summed E-state index contributed by atoms with van der Waals surface area (Å²) in [4.78, 5) is 21.0. The standard InChI is InChI=1S/C17H22N6S/c1-10-8-13-15(18-9-14-20-11(2)12(3)24-14)21-17(22-16(13)19-10)23-6-4-5-7-23/h8H,4-7,9H2,1-3H3,(H2,18,19,21,22). The van der Waals surface area contributed by atoms with Crippen LogP contribution in [0.2, 0.25) is 0 Å². The van der Waals surface area contributed by atoms with E-state index in [1.807, 2.05) is 0 Å². The molecule has 24 heavy (non-hydrogen) atoms. The van der Waals surface area contributed by atoms with Crippen LogP contribution >= 0.6 is 11.3 Å². The van der Waals surface area contributed by atoms with Crippen molar-refractivity contribution in [2.24, 2.45) is 0 Å². The van der Waals surface area contributed by atoms with Gasteiger partial charge < -0.3 is 15.2 Å². The summed E-state index contributed by atoms with van der Waals surface area (Å²) in [5.41, 5.74) is 3.11. The van der Waals surface area contributed by atoms with Crippen LogP contribution < -0.4 is 10.2 Å². The normalized spacial score (nSPS) is 14.7. The van der Waals surface area contributed by atoms with E-state index in [0.717, 1.165) is 52.3 Å². The van der Waals surface area contributed by atoms with Gasteiger partial charge in [-0.15, -0.1) is 11.3 Å². The summed E-state index contributed by atoms with van der Waals surface area (Å²) in [6.45, 7) is 8.98. The molecule has 0 amide bonds. The minimum absolute atomic E-state index is 0.690. The van der Waals surface area contributed by atoms with Crippen molar-refractivity contribution in [3.63, 3.8) is 0 Å². The zero-order valence-corrected chi connectivity index (χ0v) is 15.1. The highest BCUT2D eigenvalue weighted by atomic mass is 32.1. The Balaban J connectivity index is 1.66. The van der Waals surface area contributed by atoms with Gasteiger partial charge in [-0.25, -0.2) is 4.98 Å². The highest BCUT2D eigenvalue weighted by Crippen LogP contribution is 2.27. The molecular formula is C17H22N6S. The Kier molecular flexibility index (Phi) is 3.88. The van der Waals surface area contributed by atoms with Gasteiger partial charge >= 0.3 is 0 Å². The Morgan fingerprint density at radius 2 is 1.96 bits per heavy atom. The molecule has 0 atom stereocenters. The molecule has 0 bridgehead atoms. The number of anilines is 2. The molecule has 3 aromatic rings. The number of rotatable bonds is 4. The maximum atomic E-state index is 4.80. The summed E-state index contributed by atoms with van der Waals surface area (Å²) in [6.07, 6.45) is 2.43. The van der Waals surface area contributed by atoms with Crippen LogP contribution in [0.1, 0.15) is 34.1 Å². The third kappa shape index (κ3) is 2.84. The lowest BCUT2D eigenvalue weighted by Crippen LogP contribution is -2.21. The predicted molar refractivity (Wildman–Crippen MR) is 99.0 cm³/mol. The van der Waals surface area contributed by atoms with Gasteiger partial charge in [0.15, 0.2) is 0 Å². The smallest absolute Gasteiger partial charge is 0.229 e. The zero-order chi connectivity index (χ0) is 16.7. The van der Waals surface area contributed by atoms with E-state index >= 15 is 0 Å². The van der Waals surface area contributed by atoms with Crippen LogP contribution in [0.4, 0.5) is 11.8 Å². The van der Waals surface area contributed by atoms with Crippen LogP contribution in [0.3, 0.4) is 0 Å². The highest BCUT2D eigenvalue weighted by Gasteiger charge is 2.18. The number of aryl methyl sites for hydroxylation is 3. The van der Waals surface area contributed by atoms with E-state index in [4.69, 9.17) is 9.97 Å². The number of hydrogen-bond donors (Lipinski definition) is 2. The topological polar surface area (TPSA) is 69.7 Å². The van der Waals surface area contributed by atoms with Gasteiger partial charge in [0.05, 0.1) is 17.6 Å². The van der Waals surface area contributed by atoms with Crippen LogP contribution in [0, 0.1) is 20.8 Å². The maximum absolute atomic E-state index is 4.80. The lowest BCUT2D eigenvalue weighted by Gasteiger charge is -2.16. The molecule has 0 aliphatic carbocycles. The molecule has 1 fully saturated rings. The molecule has 1 saturated heterocycles. The Bertz CT molecular complexity index is 855. The van der Waals surface area contributed by atoms with Crippen molar-refractivity contribution in [3.8, 4) is 0 Å². The van der Waals surface area contributed by atoms with Crippen molar-refractivity contribution in [2.45, 2.75) is 40.2 Å². The first-order valence-corrected chi connectivity index (χ1v) is 9.21. The average molecular weight is 342 g/mol. The first kappa shape index (κ1) is 15.4. The van der Waals surface area contributed by atoms with E-state index in [0.29, 0.717) is 6.54 Å². The molecule has 7 heteroatoms. The van der Waals surface area contributed by atoms with Crippen LogP contribution in [0.15, 0.2) is 6.07 Å². The Hall–Kier alpha value is -2.15. The van der Waals surface area contributed by atoms with Crippen LogP contribution in [0.25, 0.3) is 11.0 Å². The molecular weight excluding hydrogens is 320 g/mol. The number of H-pyrrole nitrogens is 1. The van der Waals surface area contributed by atoms with Crippen molar-refractivity contribution in [2.75, 3.05) is 23.3 Å². The van der Waals surface area contributed by atoms with Crippen LogP contribution in [-0.4, -0.2) is 33.0 Å². The fourth-order valence-electron chi connectivity index (χ4n) is 3.10. The predicted octanol–water partition coefficient (Wildman–Crippen LogP) is 3.55. The van der Waals surface area contributed by atoms with Crippen molar-refractivity contribution < 1.29 is 0 Å². The Morgan fingerprint density at radius 3 is 2.67 bits per heavy atom. The van der Waals surface area contributed by atoms with E-state index in [2.05, 4.69) is 47.0 Å². The fraction of sp³-hybridized carbons (Fsp3) is 0.471. The molecule has 1 aliphatic rings. The second-order valence-electron chi connectivity index (χ2n) is 6.38. The van der Waals surface area contributed by atoms with Crippen LogP contribution in [-0.2, 0) is 6.54 Å². The van der Waals surface area contributed by atoms with E-state index in [1.54, 1.807) is 11.3 Å². The van der Waals surface area contributed by atoms with Gasteiger partial charge in [0.1, 0.15) is 16.5 Å². The molecule has 0 radical (unpaired) electrons. The van der Waals surface area contributed by atoms with Crippen molar-refractivity contribution in [1.82, 2.24) is 19.9 Å². The van der Waals surface area contributed by atoms with Gasteiger partial charge in [0, 0.05) is 23.7 Å². The molecule has 0 aromatic carbocycles. The quantitative estimate of drug-likeness (QED) is 0.759. The number of nitrogens with one attached hydrogen (secondary N) is 2. The highest BCUT2D eigenvalue weighted by molar-refractivity contribution is 7.11. The van der Waals surface area contributed by atoms with Crippen molar-refractivity contribution in [3.05, 3.63) is 27.3 Å². The number of hydrogen-bond acceptors (Lipinski definition) is 6. The van der Waals surface area contributed by atoms with Gasteiger partial charge in [-0.05, 0) is 39.7 Å². The molecule has 1 aliphatic heterocycles. The van der Waals surface area contributed by atoms with Crippen molar-refractivity contribution in [1.29, 1.82) is 0 Å². The third-order valence-electron chi connectivity index (χ3n) is 4.48. The van der Waals surface area contributed by atoms with Crippen molar-refractivity contribution >= 4 is 34.1 Å². The molecule has 4 rings (SSSR count). The summed E-state index contributed by atoms with van der Waals surface area (Å²) in [7, 11) is 0. The molecule has 0 spiro atoms. The van der Waals surface area contributed by atoms with Gasteiger partial charge in [-0.1, -0.05) is 0 Å². The Labute approximate surface area is 145 Å². The average Bonchev–Trinajstić information content (AvgIpc) is 3.25. The molecule has 0 unspecified atom stereocenters. The molecule has 4 heterocycles. The summed E-state index contributed by atoms with van der Waals surface area (Å²) < 4.78 is 0. The minimum atomic E-state index is 0.690. The summed E-state index contributed by atoms with van der Waals surface area (Å²) in [6, 6.07) is 2.10. The van der Waals surface area contributed by atoms with E-state index in [9.17, 15) is 0 Å². The number of thiazole rings is 1. The van der Waals surface area contributed by atoms with Gasteiger partial charge in [-0.2, -0.15) is 9.97 Å². The second kappa shape index (κ2) is 6.05. The number of fused-ring (bicyclic) bond motifs is 1. The summed E-state index contributed by atoms with van der Waals surface area (Å²) >= 11 is 1.74. The molecule has 126 valence electrons. The van der Waals surface area contributed by atoms with Gasteiger partial charge in [0.25, 0.3) is 0 Å². The number of aromatic amines is 1. The SMILES string of the molecule is Cc1cc2c(NCc3nc(C)c(C)s3)nc(N3CCCC3)nc2[nH]1. The molecule has 0 saturated carbocycles. The van der Waals surface area contributed by atoms with Gasteiger partial charge in [0.2, 0.25) is 5.95 Å².